The number of amides is 1. The van der Waals surface area contributed by atoms with Crippen LogP contribution >= 0.6 is 0 Å². The van der Waals surface area contributed by atoms with Crippen molar-refractivity contribution in [3.63, 3.8) is 0 Å². The highest BCUT2D eigenvalue weighted by molar-refractivity contribution is 5.83. The molecule has 3 N–H and O–H groups in total. The number of rotatable bonds is 3. The first kappa shape index (κ1) is 14.2. The van der Waals surface area contributed by atoms with Crippen LogP contribution in [0.1, 0.15) is 13.3 Å². The molecule has 0 aromatic carbocycles. The number of carboxylic acids is 1. The smallest absolute Gasteiger partial charge is 0.325 e. The Hall–Kier alpha value is -1.18. The Morgan fingerprint density at radius 3 is 2.47 bits per heavy atom. The zero-order valence-electron chi connectivity index (χ0n) is 11.2. The monoisotopic (exact) mass is 271 g/mol. The van der Waals surface area contributed by atoms with Gasteiger partial charge in [-0.3, -0.25) is 14.5 Å². The van der Waals surface area contributed by atoms with Crippen LogP contribution in [0, 0.1) is 0 Å². The Labute approximate surface area is 112 Å². The number of hydrogen-bond acceptors (Lipinski definition) is 5. The molecular weight excluding hydrogens is 250 g/mol. The first-order valence-electron chi connectivity index (χ1n) is 6.57. The molecule has 0 aromatic heterocycles. The van der Waals surface area contributed by atoms with Crippen molar-refractivity contribution < 1.29 is 19.4 Å². The van der Waals surface area contributed by atoms with Gasteiger partial charge in [0, 0.05) is 26.2 Å². The summed E-state index contributed by atoms with van der Waals surface area (Å²) in [6.07, 6.45) is 0.378. The molecule has 2 fully saturated rings. The molecule has 19 heavy (non-hydrogen) atoms. The molecule has 0 bridgehead atoms. The summed E-state index contributed by atoms with van der Waals surface area (Å²) < 4.78 is 5.21. The van der Waals surface area contributed by atoms with Gasteiger partial charge in [0.1, 0.15) is 5.54 Å². The molecule has 2 saturated heterocycles. The average molecular weight is 271 g/mol. The molecule has 0 saturated carbocycles. The molecule has 1 amide bonds. The van der Waals surface area contributed by atoms with Crippen molar-refractivity contribution in [1.82, 2.24) is 9.80 Å². The number of hydrogen-bond donors (Lipinski definition) is 2. The van der Waals surface area contributed by atoms with E-state index in [9.17, 15) is 9.59 Å². The number of nitrogens with two attached hydrogens (primary N) is 1. The first-order valence-corrected chi connectivity index (χ1v) is 6.57. The minimum absolute atomic E-state index is 0.0259. The van der Waals surface area contributed by atoms with E-state index in [0.717, 1.165) is 0 Å². The molecule has 2 atom stereocenters. The zero-order valence-corrected chi connectivity index (χ0v) is 11.2. The molecule has 0 aromatic rings. The van der Waals surface area contributed by atoms with E-state index in [1.54, 1.807) is 4.90 Å². The van der Waals surface area contributed by atoms with Crippen LogP contribution in [0.5, 0.6) is 0 Å². The molecule has 2 unspecified atom stereocenters. The minimum Gasteiger partial charge on any atom is -0.480 e. The summed E-state index contributed by atoms with van der Waals surface area (Å²) >= 11 is 0. The van der Waals surface area contributed by atoms with Gasteiger partial charge in [-0.2, -0.15) is 0 Å². The van der Waals surface area contributed by atoms with Crippen molar-refractivity contribution in [2.45, 2.75) is 24.9 Å². The Morgan fingerprint density at radius 2 is 1.95 bits per heavy atom. The van der Waals surface area contributed by atoms with Gasteiger partial charge in [0.25, 0.3) is 0 Å². The molecule has 2 aliphatic rings. The van der Waals surface area contributed by atoms with E-state index in [1.807, 2.05) is 11.8 Å². The second-order valence-corrected chi connectivity index (χ2v) is 5.30. The number of ether oxygens (including phenoxy) is 1. The molecule has 2 rings (SSSR count). The van der Waals surface area contributed by atoms with E-state index in [4.69, 9.17) is 15.6 Å². The first-order chi connectivity index (χ1) is 8.94. The van der Waals surface area contributed by atoms with Crippen LogP contribution in [-0.4, -0.2) is 77.8 Å². The quantitative estimate of drug-likeness (QED) is 0.664. The summed E-state index contributed by atoms with van der Waals surface area (Å²) in [5, 5.41) is 9.10. The van der Waals surface area contributed by atoms with Crippen LogP contribution in [0.2, 0.25) is 0 Å². The summed E-state index contributed by atoms with van der Waals surface area (Å²) in [5.74, 6) is -0.973. The fourth-order valence-corrected chi connectivity index (χ4v) is 2.57. The highest BCUT2D eigenvalue weighted by Gasteiger charge is 2.44. The van der Waals surface area contributed by atoms with E-state index >= 15 is 0 Å². The number of morpholine rings is 1. The van der Waals surface area contributed by atoms with E-state index in [2.05, 4.69) is 0 Å². The van der Waals surface area contributed by atoms with Crippen LogP contribution in [0.15, 0.2) is 0 Å². The predicted molar refractivity (Wildman–Crippen MR) is 67.6 cm³/mol. The lowest BCUT2D eigenvalue weighted by molar-refractivity contribution is -0.144. The summed E-state index contributed by atoms with van der Waals surface area (Å²) in [6, 6.07) is -0.331. The van der Waals surface area contributed by atoms with Gasteiger partial charge >= 0.3 is 5.97 Å². The maximum absolute atomic E-state index is 12.3. The topological polar surface area (TPSA) is 96.1 Å². The SMILES string of the molecule is CC(C(=O)N1CCOCC1)N1CCC(N)(C(=O)O)C1. The maximum Gasteiger partial charge on any atom is 0.325 e. The number of carbonyl (C=O) groups is 2. The van der Waals surface area contributed by atoms with Crippen molar-refractivity contribution in [1.29, 1.82) is 0 Å². The standard InChI is InChI=1S/C12H21N3O4/c1-9(10(16)14-4-6-19-7-5-14)15-3-2-12(13,8-15)11(17)18/h9H,2-8,13H2,1H3,(H,17,18). The van der Waals surface area contributed by atoms with Crippen LogP contribution < -0.4 is 5.73 Å². The Kier molecular flexibility index (Phi) is 4.07. The van der Waals surface area contributed by atoms with E-state index in [1.165, 1.54) is 0 Å². The predicted octanol–water partition coefficient (Wildman–Crippen LogP) is -1.28. The van der Waals surface area contributed by atoms with Gasteiger partial charge in [-0.25, -0.2) is 0 Å². The molecule has 2 heterocycles. The van der Waals surface area contributed by atoms with Crippen molar-refractivity contribution >= 4 is 11.9 Å². The van der Waals surface area contributed by atoms with Crippen LogP contribution in [-0.2, 0) is 14.3 Å². The fourth-order valence-electron chi connectivity index (χ4n) is 2.57. The van der Waals surface area contributed by atoms with E-state index in [0.29, 0.717) is 39.3 Å². The van der Waals surface area contributed by atoms with Crippen molar-refractivity contribution in [3.8, 4) is 0 Å². The zero-order chi connectivity index (χ0) is 14.0. The van der Waals surface area contributed by atoms with Gasteiger partial charge in [0.05, 0.1) is 19.3 Å². The lowest BCUT2D eigenvalue weighted by atomic mass is 10.0. The lowest BCUT2D eigenvalue weighted by Gasteiger charge is -2.33. The van der Waals surface area contributed by atoms with Crippen molar-refractivity contribution in [3.05, 3.63) is 0 Å². The third-order valence-electron chi connectivity index (χ3n) is 3.98. The molecule has 7 heteroatoms. The van der Waals surface area contributed by atoms with Gasteiger partial charge in [0.2, 0.25) is 5.91 Å². The van der Waals surface area contributed by atoms with Gasteiger partial charge in [-0.05, 0) is 13.3 Å². The van der Waals surface area contributed by atoms with Crippen LogP contribution in [0.25, 0.3) is 0 Å². The van der Waals surface area contributed by atoms with Gasteiger partial charge in [-0.15, -0.1) is 0 Å². The third kappa shape index (κ3) is 2.88. The molecule has 7 nitrogen and oxygen atoms in total. The second kappa shape index (κ2) is 5.44. The number of carboxylic acid groups (broad SMARTS) is 1. The normalized spacial score (nSPS) is 30.3. The van der Waals surface area contributed by atoms with Gasteiger partial charge in [0.15, 0.2) is 0 Å². The van der Waals surface area contributed by atoms with Crippen molar-refractivity contribution in [2.75, 3.05) is 39.4 Å². The van der Waals surface area contributed by atoms with Crippen LogP contribution in [0.4, 0.5) is 0 Å². The summed E-state index contributed by atoms with van der Waals surface area (Å²) in [5.41, 5.74) is 4.60. The largest absolute Gasteiger partial charge is 0.480 e. The Balaban J connectivity index is 1.95. The molecular formula is C12H21N3O4. The summed E-state index contributed by atoms with van der Waals surface area (Å²) in [7, 11) is 0. The molecule has 0 spiro atoms. The number of nitrogens with zero attached hydrogens (tertiary/aromatic N) is 2. The number of carbonyl (C=O) groups excluding carboxylic acids is 1. The summed E-state index contributed by atoms with van der Waals surface area (Å²) in [4.78, 5) is 27.0. The van der Waals surface area contributed by atoms with E-state index in [-0.39, 0.29) is 18.5 Å². The number of likely N-dealkylation sites (tertiary alicyclic amines) is 1. The highest BCUT2D eigenvalue weighted by Crippen LogP contribution is 2.22. The Morgan fingerprint density at radius 1 is 1.32 bits per heavy atom. The Bertz CT molecular complexity index is 370. The lowest BCUT2D eigenvalue weighted by Crippen LogP contribution is -2.54. The second-order valence-electron chi connectivity index (χ2n) is 5.30. The van der Waals surface area contributed by atoms with Crippen molar-refractivity contribution in [2.24, 2.45) is 5.73 Å². The third-order valence-corrected chi connectivity index (χ3v) is 3.98. The average Bonchev–Trinajstić information content (AvgIpc) is 2.82. The molecule has 108 valence electrons. The maximum atomic E-state index is 12.3. The van der Waals surface area contributed by atoms with E-state index < -0.39 is 11.5 Å². The molecule has 2 aliphatic heterocycles. The van der Waals surface area contributed by atoms with Gasteiger partial charge in [-0.1, -0.05) is 0 Å². The van der Waals surface area contributed by atoms with Crippen LogP contribution in [0.3, 0.4) is 0 Å². The number of aliphatic carboxylic acids is 1. The van der Waals surface area contributed by atoms with Gasteiger partial charge < -0.3 is 20.5 Å². The summed E-state index contributed by atoms with van der Waals surface area (Å²) in [6.45, 7) is 4.90. The molecule has 0 aliphatic carbocycles. The molecule has 0 radical (unpaired) electrons. The fraction of sp³-hybridized carbons (Fsp3) is 0.833. The minimum atomic E-state index is -1.22. The highest BCUT2D eigenvalue weighted by atomic mass is 16.5.